The first-order valence-electron chi connectivity index (χ1n) is 7.93. The quantitative estimate of drug-likeness (QED) is 0.537. The van der Waals surface area contributed by atoms with Gasteiger partial charge in [-0.2, -0.15) is 0 Å². The van der Waals surface area contributed by atoms with E-state index in [1.54, 1.807) is 27.7 Å². The Kier molecular flexibility index (Phi) is 7.41. The number of carbonyl (C=O) groups is 2. The number of hydrogen-bond donors (Lipinski definition) is 1. The molecule has 0 saturated heterocycles. The van der Waals surface area contributed by atoms with Crippen LogP contribution in [0.1, 0.15) is 74.1 Å². The van der Waals surface area contributed by atoms with Crippen molar-refractivity contribution in [3.05, 3.63) is 0 Å². The van der Waals surface area contributed by atoms with E-state index >= 15 is 0 Å². The Hall–Kier alpha value is -1.06. The normalized spacial score (nSPS) is 16.4. The Bertz CT molecular complexity index is 354. The van der Waals surface area contributed by atoms with Crippen molar-refractivity contribution in [2.24, 2.45) is 16.7 Å². The van der Waals surface area contributed by atoms with Crippen LogP contribution in [0.3, 0.4) is 0 Å². The summed E-state index contributed by atoms with van der Waals surface area (Å²) in [6, 6.07) is 0. The molecule has 4 nitrogen and oxygen atoms in total. The van der Waals surface area contributed by atoms with Gasteiger partial charge in [-0.3, -0.25) is 9.59 Å². The first-order valence-corrected chi connectivity index (χ1v) is 7.93. The lowest BCUT2D eigenvalue weighted by molar-refractivity contribution is -0.181. The van der Waals surface area contributed by atoms with Gasteiger partial charge in [0.15, 0.2) is 5.41 Å². The summed E-state index contributed by atoms with van der Waals surface area (Å²) < 4.78 is 5.46. The zero-order chi connectivity index (χ0) is 16.8. The molecule has 0 aliphatic carbocycles. The van der Waals surface area contributed by atoms with Crippen LogP contribution in [0.4, 0.5) is 0 Å². The fraction of sp³-hybridized carbons (Fsp3) is 0.882. The number of esters is 1. The van der Waals surface area contributed by atoms with Crippen molar-refractivity contribution >= 4 is 11.9 Å². The van der Waals surface area contributed by atoms with Crippen molar-refractivity contribution < 1.29 is 19.4 Å². The molecule has 0 aromatic rings. The predicted octanol–water partition coefficient (Wildman–Crippen LogP) is 4.27. The molecule has 0 spiro atoms. The monoisotopic (exact) mass is 300 g/mol. The average Bonchev–Trinajstić information content (AvgIpc) is 2.26. The highest BCUT2D eigenvalue weighted by Gasteiger charge is 2.55. The molecule has 0 fully saturated rings. The van der Waals surface area contributed by atoms with Gasteiger partial charge < -0.3 is 9.84 Å². The van der Waals surface area contributed by atoms with E-state index in [1.165, 1.54) is 0 Å². The number of rotatable bonds is 8. The van der Waals surface area contributed by atoms with Gasteiger partial charge in [0.05, 0.1) is 6.10 Å². The Morgan fingerprint density at radius 1 is 1.10 bits per heavy atom. The standard InChI is InChI=1S/C17H32O4/c1-8-17(14(18)19,16(5,6)7)15(20)21-13(4)11-9-10-12(2)3/h12-13H,8-11H2,1-7H3,(H,18,19). The summed E-state index contributed by atoms with van der Waals surface area (Å²) in [6.45, 7) is 13.2. The maximum Gasteiger partial charge on any atom is 0.324 e. The molecule has 0 heterocycles. The summed E-state index contributed by atoms with van der Waals surface area (Å²) in [5.41, 5.74) is -2.18. The molecule has 0 aromatic heterocycles. The molecule has 0 aliphatic rings. The summed E-state index contributed by atoms with van der Waals surface area (Å²) >= 11 is 0. The van der Waals surface area contributed by atoms with Crippen molar-refractivity contribution in [1.29, 1.82) is 0 Å². The summed E-state index contributed by atoms with van der Waals surface area (Å²) in [5, 5.41) is 9.59. The highest BCUT2D eigenvalue weighted by atomic mass is 16.5. The van der Waals surface area contributed by atoms with Gasteiger partial charge in [-0.1, -0.05) is 48.0 Å². The maximum atomic E-state index is 12.5. The first-order chi connectivity index (χ1) is 9.49. The zero-order valence-corrected chi connectivity index (χ0v) is 14.7. The minimum Gasteiger partial charge on any atom is -0.480 e. The van der Waals surface area contributed by atoms with Crippen LogP contribution < -0.4 is 0 Å². The van der Waals surface area contributed by atoms with Gasteiger partial charge in [-0.25, -0.2) is 0 Å². The molecule has 0 bridgehead atoms. The number of ether oxygens (including phenoxy) is 1. The number of carboxylic acids is 1. The second kappa shape index (κ2) is 7.81. The summed E-state index contributed by atoms with van der Waals surface area (Å²) in [4.78, 5) is 24.2. The van der Waals surface area contributed by atoms with Crippen LogP contribution in [0, 0.1) is 16.7 Å². The largest absolute Gasteiger partial charge is 0.480 e. The highest BCUT2D eigenvalue weighted by molar-refractivity contribution is 6.00. The van der Waals surface area contributed by atoms with E-state index in [4.69, 9.17) is 4.74 Å². The van der Waals surface area contributed by atoms with Crippen LogP contribution in [-0.2, 0) is 14.3 Å². The van der Waals surface area contributed by atoms with Gasteiger partial charge in [-0.05, 0) is 37.5 Å². The number of hydrogen-bond acceptors (Lipinski definition) is 3. The van der Waals surface area contributed by atoms with E-state index < -0.39 is 22.8 Å². The molecule has 0 radical (unpaired) electrons. The van der Waals surface area contributed by atoms with Crippen molar-refractivity contribution in [2.45, 2.75) is 80.3 Å². The van der Waals surface area contributed by atoms with Gasteiger partial charge in [0.25, 0.3) is 0 Å². The van der Waals surface area contributed by atoms with Gasteiger partial charge in [-0.15, -0.1) is 0 Å². The van der Waals surface area contributed by atoms with Gasteiger partial charge >= 0.3 is 11.9 Å². The van der Waals surface area contributed by atoms with E-state index in [1.807, 2.05) is 6.92 Å². The van der Waals surface area contributed by atoms with Gasteiger partial charge in [0, 0.05) is 0 Å². The van der Waals surface area contributed by atoms with Gasteiger partial charge in [0.1, 0.15) is 0 Å². The van der Waals surface area contributed by atoms with Gasteiger partial charge in [0.2, 0.25) is 0 Å². The molecule has 21 heavy (non-hydrogen) atoms. The van der Waals surface area contributed by atoms with E-state index in [0.717, 1.165) is 19.3 Å². The third-order valence-corrected chi connectivity index (χ3v) is 4.22. The fourth-order valence-corrected chi connectivity index (χ4v) is 2.70. The first kappa shape index (κ1) is 19.9. The lowest BCUT2D eigenvalue weighted by Crippen LogP contribution is -2.50. The predicted molar refractivity (Wildman–Crippen MR) is 84.1 cm³/mol. The molecular formula is C17H32O4. The van der Waals surface area contributed by atoms with Crippen molar-refractivity contribution in [3.8, 4) is 0 Å². The maximum absolute atomic E-state index is 12.5. The van der Waals surface area contributed by atoms with Crippen LogP contribution in [0.15, 0.2) is 0 Å². The molecule has 4 heteroatoms. The third kappa shape index (κ3) is 5.01. The molecular weight excluding hydrogens is 268 g/mol. The van der Waals surface area contributed by atoms with Crippen LogP contribution in [0.25, 0.3) is 0 Å². The molecule has 1 N–H and O–H groups in total. The smallest absolute Gasteiger partial charge is 0.324 e. The van der Waals surface area contributed by atoms with Crippen molar-refractivity contribution in [1.82, 2.24) is 0 Å². The minimum absolute atomic E-state index is 0.226. The third-order valence-electron chi connectivity index (χ3n) is 4.22. The highest BCUT2D eigenvalue weighted by Crippen LogP contribution is 2.43. The molecule has 2 unspecified atom stereocenters. The van der Waals surface area contributed by atoms with Crippen LogP contribution in [0.2, 0.25) is 0 Å². The van der Waals surface area contributed by atoms with Crippen molar-refractivity contribution in [3.63, 3.8) is 0 Å². The molecule has 0 amide bonds. The molecule has 0 aromatic carbocycles. The molecule has 0 aliphatic heterocycles. The second-order valence-electron chi connectivity index (χ2n) is 7.35. The lowest BCUT2D eigenvalue weighted by Gasteiger charge is -2.38. The Morgan fingerprint density at radius 3 is 1.95 bits per heavy atom. The Morgan fingerprint density at radius 2 is 1.62 bits per heavy atom. The number of carbonyl (C=O) groups excluding carboxylic acids is 1. The summed E-state index contributed by atoms with van der Waals surface area (Å²) in [7, 11) is 0. The number of aliphatic carboxylic acids is 1. The van der Waals surface area contributed by atoms with Crippen LogP contribution in [-0.4, -0.2) is 23.1 Å². The number of carboxylic acid groups (broad SMARTS) is 1. The van der Waals surface area contributed by atoms with Crippen LogP contribution >= 0.6 is 0 Å². The van der Waals surface area contributed by atoms with E-state index in [-0.39, 0.29) is 12.5 Å². The SMILES string of the molecule is CCC(C(=O)O)(C(=O)OC(C)CCCC(C)C)C(C)(C)C. The average molecular weight is 300 g/mol. The molecule has 2 atom stereocenters. The second-order valence-corrected chi connectivity index (χ2v) is 7.35. The zero-order valence-electron chi connectivity index (χ0n) is 14.7. The van der Waals surface area contributed by atoms with E-state index in [2.05, 4.69) is 13.8 Å². The molecule has 0 rings (SSSR count). The minimum atomic E-state index is -1.49. The fourth-order valence-electron chi connectivity index (χ4n) is 2.70. The Labute approximate surface area is 129 Å². The van der Waals surface area contributed by atoms with Crippen molar-refractivity contribution in [2.75, 3.05) is 0 Å². The topological polar surface area (TPSA) is 63.6 Å². The molecule has 124 valence electrons. The van der Waals surface area contributed by atoms with E-state index in [9.17, 15) is 14.7 Å². The lowest BCUT2D eigenvalue weighted by atomic mass is 9.65. The molecule has 0 saturated carbocycles. The van der Waals surface area contributed by atoms with Crippen LogP contribution in [0.5, 0.6) is 0 Å². The van der Waals surface area contributed by atoms with E-state index in [0.29, 0.717) is 5.92 Å². The summed E-state index contributed by atoms with van der Waals surface area (Å²) in [5.74, 6) is -1.09. The Balaban J connectivity index is 4.89. The summed E-state index contributed by atoms with van der Waals surface area (Å²) in [6.07, 6.45) is 2.81.